The zero-order chi connectivity index (χ0) is 22.6. The minimum absolute atomic E-state index is 0.0394. The Labute approximate surface area is 185 Å². The van der Waals surface area contributed by atoms with E-state index in [2.05, 4.69) is 31.5 Å². The van der Waals surface area contributed by atoms with Crippen molar-refractivity contribution in [2.45, 2.75) is 31.4 Å². The van der Waals surface area contributed by atoms with Crippen molar-refractivity contribution in [3.05, 3.63) is 77.4 Å². The van der Waals surface area contributed by atoms with Gasteiger partial charge in [-0.05, 0) is 49.6 Å². The topological polar surface area (TPSA) is 157 Å². The molecule has 9 nitrogen and oxygen atoms in total. The molecular formula is C23H22N8O. The van der Waals surface area contributed by atoms with Crippen LogP contribution in [0.5, 0.6) is 0 Å². The number of nitrogen functional groups attached to an aromatic ring is 1. The van der Waals surface area contributed by atoms with Crippen molar-refractivity contribution < 1.29 is 5.11 Å². The fourth-order valence-electron chi connectivity index (χ4n) is 3.51. The lowest BCUT2D eigenvalue weighted by Gasteiger charge is -2.36. The van der Waals surface area contributed by atoms with Crippen LogP contribution >= 0.6 is 0 Å². The number of benzene rings is 1. The van der Waals surface area contributed by atoms with Gasteiger partial charge in [0.25, 0.3) is 0 Å². The smallest absolute Gasteiger partial charge is 0.221 e. The molecule has 160 valence electrons. The summed E-state index contributed by atoms with van der Waals surface area (Å²) in [7, 11) is 0. The summed E-state index contributed by atoms with van der Waals surface area (Å²) in [5.41, 5.74) is 16.5. The van der Waals surface area contributed by atoms with E-state index in [4.69, 9.17) is 16.5 Å². The molecule has 1 saturated carbocycles. The molecule has 0 aliphatic heterocycles. The number of aromatic nitrogens is 3. The van der Waals surface area contributed by atoms with Gasteiger partial charge in [-0.15, -0.1) is 0 Å². The summed E-state index contributed by atoms with van der Waals surface area (Å²) in [5.74, 6) is 0.0394. The molecule has 0 radical (unpaired) electrons. The first-order valence-electron chi connectivity index (χ1n) is 10.2. The molecule has 0 atom stereocenters. The maximum atomic E-state index is 10.5. The number of hydrogen-bond acceptors (Lipinski definition) is 9. The number of aliphatic hydroxyl groups is 1. The van der Waals surface area contributed by atoms with Gasteiger partial charge in [0.05, 0.1) is 41.0 Å². The Morgan fingerprint density at radius 3 is 2.75 bits per heavy atom. The van der Waals surface area contributed by atoms with Gasteiger partial charge in [0.2, 0.25) is 5.95 Å². The third-order valence-electron chi connectivity index (χ3n) is 5.40. The summed E-state index contributed by atoms with van der Waals surface area (Å²) in [5, 5.41) is 26.3. The number of anilines is 1. The van der Waals surface area contributed by atoms with Crippen molar-refractivity contribution in [1.29, 1.82) is 10.8 Å². The Kier molecular flexibility index (Phi) is 5.87. The van der Waals surface area contributed by atoms with Gasteiger partial charge in [-0.1, -0.05) is 18.2 Å². The Bertz CT molecular complexity index is 1230. The molecule has 0 bridgehead atoms. The van der Waals surface area contributed by atoms with E-state index in [0.717, 1.165) is 25.0 Å². The summed E-state index contributed by atoms with van der Waals surface area (Å²) in [6.45, 7) is 0.389. The lowest BCUT2D eigenvalue weighted by Crippen LogP contribution is -2.34. The van der Waals surface area contributed by atoms with Crippen molar-refractivity contribution in [3.8, 4) is 17.3 Å². The van der Waals surface area contributed by atoms with Crippen LogP contribution in [-0.4, -0.2) is 20.1 Å². The summed E-state index contributed by atoms with van der Waals surface area (Å²) in [6, 6.07) is 16.4. The Hall–Kier alpha value is -4.16. The van der Waals surface area contributed by atoms with E-state index in [-0.39, 0.29) is 11.6 Å². The van der Waals surface area contributed by atoms with Crippen LogP contribution in [0.25, 0.3) is 17.0 Å². The minimum atomic E-state index is -0.814. The van der Waals surface area contributed by atoms with Crippen molar-refractivity contribution in [3.63, 3.8) is 0 Å². The van der Waals surface area contributed by atoms with Gasteiger partial charge in [0, 0.05) is 11.8 Å². The standard InChI is InChI=1S/C23H22N8O/c24-12-15-4-1-5-16(10-15)18-11-19(30-22(25)29-18)20(31-26)14-27-13-17-6-2-7-21(28-17)23(32)8-3-9-23/h1-2,4-7,10-11,14,26-27,32H,3,8-9,13H2,(H2,25,29,30)/b20-14-,31-26?. The molecule has 2 heterocycles. The predicted molar refractivity (Wildman–Crippen MR) is 119 cm³/mol. The third-order valence-corrected chi connectivity index (χ3v) is 5.40. The molecule has 1 fully saturated rings. The molecule has 4 rings (SSSR count). The van der Waals surface area contributed by atoms with E-state index in [0.29, 0.717) is 34.8 Å². The van der Waals surface area contributed by atoms with Gasteiger partial charge in [0.15, 0.2) is 0 Å². The molecule has 9 heteroatoms. The molecule has 1 aromatic carbocycles. The predicted octanol–water partition coefficient (Wildman–Crippen LogP) is 3.48. The fourth-order valence-corrected chi connectivity index (χ4v) is 3.51. The number of hydrogen-bond donors (Lipinski definition) is 4. The summed E-state index contributed by atoms with van der Waals surface area (Å²) < 4.78 is 0. The van der Waals surface area contributed by atoms with Gasteiger partial charge >= 0.3 is 0 Å². The average molecular weight is 426 g/mol. The van der Waals surface area contributed by atoms with Crippen LogP contribution in [0.3, 0.4) is 0 Å². The molecule has 0 saturated heterocycles. The van der Waals surface area contributed by atoms with Crippen LogP contribution in [0.2, 0.25) is 0 Å². The molecule has 0 unspecified atom stereocenters. The monoisotopic (exact) mass is 426 g/mol. The van der Waals surface area contributed by atoms with E-state index in [1.807, 2.05) is 24.3 Å². The van der Waals surface area contributed by atoms with Crippen LogP contribution in [-0.2, 0) is 12.1 Å². The first-order valence-corrected chi connectivity index (χ1v) is 10.2. The average Bonchev–Trinajstić information content (AvgIpc) is 2.80. The van der Waals surface area contributed by atoms with Gasteiger partial charge in [-0.2, -0.15) is 10.4 Å². The lowest BCUT2D eigenvalue weighted by molar-refractivity contribution is -0.0427. The number of rotatable bonds is 7. The van der Waals surface area contributed by atoms with Crippen LogP contribution in [0.15, 0.2) is 59.8 Å². The van der Waals surface area contributed by atoms with Crippen LogP contribution < -0.4 is 11.1 Å². The second kappa shape index (κ2) is 8.91. The third kappa shape index (κ3) is 4.45. The zero-order valence-electron chi connectivity index (χ0n) is 17.3. The first-order chi connectivity index (χ1) is 15.5. The highest BCUT2D eigenvalue weighted by Gasteiger charge is 2.37. The van der Waals surface area contributed by atoms with Crippen LogP contribution in [0.1, 0.15) is 41.9 Å². The second-order valence-corrected chi connectivity index (χ2v) is 7.61. The summed E-state index contributed by atoms with van der Waals surface area (Å²) >= 11 is 0. The van der Waals surface area contributed by atoms with E-state index in [9.17, 15) is 5.11 Å². The maximum Gasteiger partial charge on any atom is 0.221 e. The number of nitrogens with zero attached hydrogens (tertiary/aromatic N) is 5. The van der Waals surface area contributed by atoms with Crippen molar-refractivity contribution in [2.24, 2.45) is 5.11 Å². The van der Waals surface area contributed by atoms with E-state index >= 15 is 0 Å². The van der Waals surface area contributed by atoms with Crippen molar-refractivity contribution >= 4 is 11.6 Å². The number of pyridine rings is 1. The molecule has 0 spiro atoms. The number of nitrogens with two attached hydrogens (primary N) is 1. The van der Waals surface area contributed by atoms with Crippen LogP contribution in [0.4, 0.5) is 5.95 Å². The summed E-state index contributed by atoms with van der Waals surface area (Å²) in [4.78, 5) is 13.0. The Morgan fingerprint density at radius 1 is 1.22 bits per heavy atom. The number of nitriles is 1. The molecule has 3 aromatic rings. The molecular weight excluding hydrogens is 404 g/mol. The van der Waals surface area contributed by atoms with Crippen molar-refractivity contribution in [2.75, 3.05) is 5.73 Å². The molecule has 32 heavy (non-hydrogen) atoms. The summed E-state index contributed by atoms with van der Waals surface area (Å²) in [6.07, 6.45) is 4.03. The minimum Gasteiger partial charge on any atom is -0.384 e. The van der Waals surface area contributed by atoms with Gasteiger partial charge in [-0.25, -0.2) is 15.5 Å². The second-order valence-electron chi connectivity index (χ2n) is 7.61. The molecule has 0 amide bonds. The fraction of sp³-hybridized carbons (Fsp3) is 0.217. The maximum absolute atomic E-state index is 10.5. The van der Waals surface area contributed by atoms with E-state index in [1.54, 1.807) is 30.5 Å². The molecule has 1 aliphatic rings. The van der Waals surface area contributed by atoms with E-state index in [1.165, 1.54) is 0 Å². The quantitative estimate of drug-likeness (QED) is 0.421. The van der Waals surface area contributed by atoms with Gasteiger partial charge < -0.3 is 16.2 Å². The highest BCUT2D eigenvalue weighted by molar-refractivity contribution is 5.69. The Morgan fingerprint density at radius 2 is 2.03 bits per heavy atom. The van der Waals surface area contributed by atoms with Gasteiger partial charge in [-0.3, -0.25) is 4.98 Å². The zero-order valence-corrected chi connectivity index (χ0v) is 17.3. The van der Waals surface area contributed by atoms with Gasteiger partial charge in [0.1, 0.15) is 11.3 Å². The van der Waals surface area contributed by atoms with Crippen molar-refractivity contribution in [1.82, 2.24) is 20.3 Å². The SMILES string of the molecule is N#Cc1cccc(-c2cc(/C(=C/NCc3cccc(C4(O)CCC4)n3)N=N)nc(N)n2)c1. The first kappa shape index (κ1) is 21.1. The number of nitrogens with one attached hydrogen (secondary N) is 2. The largest absolute Gasteiger partial charge is 0.384 e. The Balaban J connectivity index is 1.54. The molecule has 5 N–H and O–H groups in total. The lowest BCUT2D eigenvalue weighted by atomic mass is 9.77. The highest BCUT2D eigenvalue weighted by atomic mass is 16.3. The molecule has 1 aliphatic carbocycles. The van der Waals surface area contributed by atoms with E-state index < -0.39 is 5.60 Å². The highest BCUT2D eigenvalue weighted by Crippen LogP contribution is 2.39. The molecule has 2 aromatic heterocycles. The van der Waals surface area contributed by atoms with Crippen LogP contribution in [0, 0.1) is 16.9 Å². The normalized spacial score (nSPS) is 14.8.